The Morgan fingerprint density at radius 2 is 1.68 bits per heavy atom. The van der Waals surface area contributed by atoms with E-state index in [1.807, 2.05) is 30.3 Å². The third-order valence-electron chi connectivity index (χ3n) is 10.1. The molecule has 50 heavy (non-hydrogen) atoms. The van der Waals surface area contributed by atoms with Gasteiger partial charge in [-0.3, -0.25) is 33.8 Å². The Balaban J connectivity index is 1.59. The third kappa shape index (κ3) is 5.61. The number of hydrogen-bond acceptors (Lipinski definition) is 12. The molecule has 5 unspecified atom stereocenters. The van der Waals surface area contributed by atoms with E-state index >= 15 is 0 Å². The normalized spacial score (nSPS) is 26.8. The van der Waals surface area contributed by atoms with Crippen LogP contribution in [0.3, 0.4) is 0 Å². The smallest absolute Gasteiger partial charge is 0.305 e. The monoisotopic (exact) mass is 692 g/mol. The second-order valence-corrected chi connectivity index (χ2v) is 13.1. The average Bonchev–Trinajstić information content (AvgIpc) is 3.05. The minimum atomic E-state index is -3.07. The first-order chi connectivity index (χ1) is 23.5. The highest BCUT2D eigenvalue weighted by Crippen LogP contribution is 2.56. The number of nitrogens with two attached hydrogens (primary N) is 1. The van der Waals surface area contributed by atoms with Crippen LogP contribution >= 0.6 is 0 Å². The van der Waals surface area contributed by atoms with Crippen LogP contribution in [0.4, 0.5) is 5.69 Å². The van der Waals surface area contributed by atoms with E-state index in [-0.39, 0.29) is 23.4 Å². The number of rotatable bonds is 10. The second kappa shape index (κ2) is 13.3. The van der Waals surface area contributed by atoms with Gasteiger partial charge in [0.05, 0.1) is 35.7 Å². The number of aliphatic carboxylic acids is 1. The zero-order valence-corrected chi connectivity index (χ0v) is 27.8. The number of anilines is 1. The maximum absolute atomic E-state index is 14.2. The van der Waals surface area contributed by atoms with E-state index in [2.05, 4.69) is 5.32 Å². The van der Waals surface area contributed by atoms with Crippen molar-refractivity contribution in [2.75, 3.05) is 26.0 Å². The Bertz CT molecular complexity index is 1840. The summed E-state index contributed by atoms with van der Waals surface area (Å²) in [5.41, 5.74) is 1.21. The summed E-state index contributed by atoms with van der Waals surface area (Å²) in [5.74, 6) is -12.5. The number of phenols is 1. The molecular weight excluding hydrogens is 652 g/mol. The van der Waals surface area contributed by atoms with Gasteiger partial charge in [-0.1, -0.05) is 50.2 Å². The lowest BCUT2D eigenvalue weighted by Crippen LogP contribution is -2.70. The summed E-state index contributed by atoms with van der Waals surface area (Å²) in [7, 11) is 2.83. The number of phenolic OH excluding ortho intramolecular Hbond substituents is 1. The van der Waals surface area contributed by atoms with Crippen LogP contribution in [0.25, 0.3) is 5.76 Å². The Morgan fingerprint density at radius 3 is 2.24 bits per heavy atom. The van der Waals surface area contributed by atoms with Crippen molar-refractivity contribution >= 4 is 40.8 Å². The molecule has 2 aromatic carbocycles. The number of benzene rings is 2. The van der Waals surface area contributed by atoms with Crippen LogP contribution in [0.1, 0.15) is 42.9 Å². The van der Waals surface area contributed by atoms with Crippen LogP contribution in [-0.2, 0) is 30.5 Å². The number of hydrogen-bond donors (Lipinski definition) is 8. The van der Waals surface area contributed by atoms with E-state index < -0.39 is 106 Å². The molecule has 5 rings (SSSR count). The van der Waals surface area contributed by atoms with Crippen LogP contribution in [0.2, 0.25) is 0 Å². The molecule has 15 heteroatoms. The molecule has 3 aliphatic carbocycles. The van der Waals surface area contributed by atoms with Crippen molar-refractivity contribution in [1.29, 1.82) is 0 Å². The molecule has 1 fully saturated rings. The quantitative estimate of drug-likeness (QED) is 0.127. The van der Waals surface area contributed by atoms with E-state index in [1.165, 1.54) is 31.1 Å². The summed E-state index contributed by atoms with van der Waals surface area (Å²) >= 11 is 0. The molecule has 266 valence electrons. The number of primary amides is 1. The van der Waals surface area contributed by atoms with Gasteiger partial charge in [-0.25, -0.2) is 0 Å². The summed E-state index contributed by atoms with van der Waals surface area (Å²) < 4.78 is 0. The Labute approximate surface area is 286 Å². The standard InChI is InChI=1S/C35H40N4O11/c1-5-39(14-16-9-7-6-8-10-16)19(13-20(40)41)34(49)37-18-12-11-17-15(2)21-23(28(43)22(17)27(18)42)31(46)35(50)25(29(21)44)26(38(3)4)30(45)24(32(35)47)33(36)48/h6-12,15,19,21,25-26,29,42-44,47,50H,5,13-14H2,1-4H3,(H2,36,48)(H,37,49)(H,40,41)/t15?,19?,21?,25?,26-,29?,35-/m0/s1. The minimum absolute atomic E-state index is 0.229. The SMILES string of the molecule is CCN(Cc1ccccc1)C(CC(=O)O)C(=O)Nc1ccc2c(c1O)C(O)=C1C(=O)[C@]3(O)C(O)=C(C(N)=O)C(=O)[C@@H](N(C)C)C3C(O)C1C2C. The predicted octanol–water partition coefficient (Wildman–Crippen LogP) is 0.800. The third-order valence-corrected chi connectivity index (χ3v) is 10.1. The number of nitrogens with one attached hydrogen (secondary N) is 1. The highest BCUT2D eigenvalue weighted by molar-refractivity contribution is 6.24. The maximum Gasteiger partial charge on any atom is 0.305 e. The van der Waals surface area contributed by atoms with Gasteiger partial charge in [0.2, 0.25) is 11.7 Å². The zero-order valence-electron chi connectivity index (χ0n) is 27.8. The number of carbonyl (C=O) groups excluding carboxylic acids is 4. The molecule has 0 saturated heterocycles. The molecule has 2 aromatic rings. The van der Waals surface area contributed by atoms with Crippen LogP contribution in [-0.4, -0.2) is 114 Å². The first kappa shape index (κ1) is 36.2. The largest absolute Gasteiger partial charge is 0.508 e. The van der Waals surface area contributed by atoms with Crippen molar-refractivity contribution in [3.8, 4) is 5.75 Å². The zero-order chi connectivity index (χ0) is 37.0. The van der Waals surface area contributed by atoms with Gasteiger partial charge in [-0.15, -0.1) is 0 Å². The molecule has 9 N–H and O–H groups in total. The fourth-order valence-corrected chi connectivity index (χ4v) is 7.75. The molecule has 0 radical (unpaired) electrons. The van der Waals surface area contributed by atoms with E-state index in [0.717, 1.165) is 5.56 Å². The number of ketones is 2. The Hall–Kier alpha value is -5.09. The van der Waals surface area contributed by atoms with E-state index in [4.69, 9.17) is 5.73 Å². The van der Waals surface area contributed by atoms with Gasteiger partial charge in [-0.2, -0.15) is 0 Å². The topological polar surface area (TPSA) is 251 Å². The predicted molar refractivity (Wildman–Crippen MR) is 178 cm³/mol. The minimum Gasteiger partial charge on any atom is -0.508 e. The van der Waals surface area contributed by atoms with Crippen molar-refractivity contribution in [3.05, 3.63) is 76.1 Å². The fraction of sp³-hybridized carbons (Fsp3) is 0.400. The van der Waals surface area contributed by atoms with Crippen LogP contribution in [0.5, 0.6) is 5.75 Å². The number of aliphatic hydroxyl groups excluding tert-OH is 3. The molecule has 0 heterocycles. The Kier molecular flexibility index (Phi) is 9.64. The maximum atomic E-state index is 14.2. The van der Waals surface area contributed by atoms with Gasteiger partial charge in [0.25, 0.3) is 5.91 Å². The van der Waals surface area contributed by atoms with Gasteiger partial charge in [0.15, 0.2) is 11.4 Å². The molecule has 15 nitrogen and oxygen atoms in total. The molecule has 7 atom stereocenters. The summed E-state index contributed by atoms with van der Waals surface area (Å²) in [6, 6.07) is 9.22. The number of carboxylic acids is 1. The molecule has 3 aliphatic rings. The van der Waals surface area contributed by atoms with Gasteiger partial charge < -0.3 is 41.7 Å². The molecule has 0 bridgehead atoms. The van der Waals surface area contributed by atoms with E-state index in [1.54, 1.807) is 18.7 Å². The second-order valence-electron chi connectivity index (χ2n) is 13.1. The van der Waals surface area contributed by atoms with Gasteiger partial charge >= 0.3 is 5.97 Å². The van der Waals surface area contributed by atoms with Crippen LogP contribution in [0, 0.1) is 11.8 Å². The molecule has 0 aromatic heterocycles. The summed E-state index contributed by atoms with van der Waals surface area (Å²) in [5, 5.41) is 70.0. The molecule has 0 spiro atoms. The van der Waals surface area contributed by atoms with Gasteiger partial charge in [0, 0.05) is 18.0 Å². The summed E-state index contributed by atoms with van der Waals surface area (Å²) in [6.45, 7) is 3.90. The number of likely N-dealkylation sites (N-methyl/N-ethyl adjacent to an activating group) is 2. The number of nitrogens with zero attached hydrogens (tertiary/aromatic N) is 2. The van der Waals surface area contributed by atoms with Crippen molar-refractivity contribution in [2.45, 2.75) is 56.5 Å². The number of fused-ring (bicyclic) bond motifs is 3. The van der Waals surface area contributed by atoms with Crippen LogP contribution < -0.4 is 11.1 Å². The van der Waals surface area contributed by atoms with Crippen molar-refractivity contribution in [2.24, 2.45) is 17.6 Å². The van der Waals surface area contributed by atoms with E-state index in [9.17, 15) is 54.6 Å². The average molecular weight is 693 g/mol. The summed E-state index contributed by atoms with van der Waals surface area (Å²) in [6.07, 6.45) is -2.33. The highest BCUT2D eigenvalue weighted by atomic mass is 16.4. The number of aliphatic hydroxyl groups is 4. The number of carbonyl (C=O) groups is 5. The molecule has 1 saturated carbocycles. The van der Waals surface area contributed by atoms with Gasteiger partial charge in [0.1, 0.15) is 28.9 Å². The number of aromatic hydroxyl groups is 1. The number of amides is 2. The van der Waals surface area contributed by atoms with Crippen molar-refractivity contribution in [1.82, 2.24) is 9.80 Å². The molecule has 2 amide bonds. The van der Waals surface area contributed by atoms with E-state index in [0.29, 0.717) is 6.54 Å². The number of carboxylic acid groups (broad SMARTS) is 1. The highest BCUT2D eigenvalue weighted by Gasteiger charge is 2.68. The van der Waals surface area contributed by atoms with Crippen molar-refractivity contribution in [3.63, 3.8) is 0 Å². The fourth-order valence-electron chi connectivity index (χ4n) is 7.75. The lowest BCUT2D eigenvalue weighted by atomic mass is 9.54. The number of Topliss-reactive ketones (excluding diaryl/α,β-unsaturated/α-hetero) is 2. The summed E-state index contributed by atoms with van der Waals surface area (Å²) in [4.78, 5) is 68.2. The molecular formula is C35H40N4O11. The lowest BCUT2D eigenvalue weighted by molar-refractivity contribution is -0.169. The van der Waals surface area contributed by atoms with Crippen molar-refractivity contribution < 1.29 is 54.6 Å². The first-order valence-electron chi connectivity index (χ1n) is 16.0. The van der Waals surface area contributed by atoms with Gasteiger partial charge in [-0.05, 0) is 43.8 Å². The first-order valence-corrected chi connectivity index (χ1v) is 16.0. The van der Waals surface area contributed by atoms with Crippen LogP contribution in [0.15, 0.2) is 59.4 Å². The Morgan fingerprint density at radius 1 is 1.04 bits per heavy atom. The molecule has 0 aliphatic heterocycles. The lowest BCUT2D eigenvalue weighted by Gasteiger charge is -2.53.